The number of amides is 1. The van der Waals surface area contributed by atoms with Gasteiger partial charge in [0.05, 0.1) is 11.4 Å². The van der Waals surface area contributed by atoms with Gasteiger partial charge in [-0.25, -0.2) is 4.68 Å². The molecule has 5 heteroatoms. The molecule has 1 amide bonds. The highest BCUT2D eigenvalue weighted by Gasteiger charge is 2.13. The third kappa shape index (κ3) is 3.94. The molecular formula is C23H19N3O2. The molecular weight excluding hydrogens is 350 g/mol. The van der Waals surface area contributed by atoms with Gasteiger partial charge in [-0.05, 0) is 49.4 Å². The molecule has 0 atom stereocenters. The molecule has 4 aromatic rings. The SMILES string of the molecule is Cc1cc(NC(=O)c2cccc(Oc3ccccc3)c2)n(-c2ccccc2)n1. The molecule has 28 heavy (non-hydrogen) atoms. The predicted molar refractivity (Wildman–Crippen MR) is 109 cm³/mol. The summed E-state index contributed by atoms with van der Waals surface area (Å²) in [4.78, 5) is 12.8. The van der Waals surface area contributed by atoms with Crippen LogP contribution < -0.4 is 10.1 Å². The zero-order chi connectivity index (χ0) is 19.3. The van der Waals surface area contributed by atoms with Crippen LogP contribution in [0.3, 0.4) is 0 Å². The van der Waals surface area contributed by atoms with E-state index in [0.717, 1.165) is 17.1 Å². The number of carbonyl (C=O) groups excluding carboxylic acids is 1. The van der Waals surface area contributed by atoms with E-state index in [2.05, 4.69) is 10.4 Å². The second kappa shape index (κ2) is 7.80. The van der Waals surface area contributed by atoms with E-state index in [1.165, 1.54) is 0 Å². The van der Waals surface area contributed by atoms with Crippen molar-refractivity contribution in [3.05, 3.63) is 102 Å². The van der Waals surface area contributed by atoms with Crippen LogP contribution in [0.25, 0.3) is 5.69 Å². The Morgan fingerprint density at radius 1 is 0.857 bits per heavy atom. The molecule has 1 aromatic heterocycles. The van der Waals surface area contributed by atoms with E-state index in [1.807, 2.05) is 79.7 Å². The van der Waals surface area contributed by atoms with Gasteiger partial charge in [0.15, 0.2) is 0 Å². The van der Waals surface area contributed by atoms with Gasteiger partial charge in [0, 0.05) is 11.6 Å². The van der Waals surface area contributed by atoms with Gasteiger partial charge in [-0.15, -0.1) is 0 Å². The summed E-state index contributed by atoms with van der Waals surface area (Å²) >= 11 is 0. The van der Waals surface area contributed by atoms with Crippen molar-refractivity contribution in [3.8, 4) is 17.2 Å². The zero-order valence-electron chi connectivity index (χ0n) is 15.4. The van der Waals surface area contributed by atoms with Crippen LogP contribution in [-0.2, 0) is 0 Å². The van der Waals surface area contributed by atoms with Gasteiger partial charge in [-0.1, -0.05) is 42.5 Å². The number of aryl methyl sites for hydroxylation is 1. The van der Waals surface area contributed by atoms with E-state index in [-0.39, 0.29) is 5.91 Å². The monoisotopic (exact) mass is 369 g/mol. The number of rotatable bonds is 5. The normalized spacial score (nSPS) is 10.5. The van der Waals surface area contributed by atoms with Crippen LogP contribution in [0, 0.1) is 6.92 Å². The van der Waals surface area contributed by atoms with Crippen molar-refractivity contribution in [2.24, 2.45) is 0 Å². The first-order valence-corrected chi connectivity index (χ1v) is 8.95. The van der Waals surface area contributed by atoms with Crippen LogP contribution in [0.15, 0.2) is 91.0 Å². The summed E-state index contributed by atoms with van der Waals surface area (Å²) in [6.45, 7) is 1.89. The Balaban J connectivity index is 1.56. The minimum Gasteiger partial charge on any atom is -0.457 e. The summed E-state index contributed by atoms with van der Waals surface area (Å²) in [7, 11) is 0. The fraction of sp³-hybridized carbons (Fsp3) is 0.0435. The van der Waals surface area contributed by atoms with Crippen LogP contribution in [0.1, 0.15) is 16.1 Å². The second-order valence-electron chi connectivity index (χ2n) is 6.32. The van der Waals surface area contributed by atoms with E-state index in [4.69, 9.17) is 4.74 Å². The van der Waals surface area contributed by atoms with Gasteiger partial charge in [0.25, 0.3) is 5.91 Å². The largest absolute Gasteiger partial charge is 0.457 e. The summed E-state index contributed by atoms with van der Waals surface area (Å²) < 4.78 is 7.54. The third-order valence-electron chi connectivity index (χ3n) is 4.15. The lowest BCUT2D eigenvalue weighted by molar-refractivity contribution is 0.102. The molecule has 0 unspecified atom stereocenters. The molecule has 0 saturated heterocycles. The lowest BCUT2D eigenvalue weighted by Crippen LogP contribution is -2.15. The summed E-state index contributed by atoms with van der Waals surface area (Å²) in [5, 5.41) is 7.42. The van der Waals surface area contributed by atoms with Gasteiger partial charge < -0.3 is 10.1 Å². The number of benzene rings is 3. The number of para-hydroxylation sites is 2. The molecule has 5 nitrogen and oxygen atoms in total. The van der Waals surface area contributed by atoms with Crippen molar-refractivity contribution in [1.29, 1.82) is 0 Å². The van der Waals surface area contributed by atoms with E-state index in [1.54, 1.807) is 22.9 Å². The molecule has 0 fully saturated rings. The number of hydrogen-bond donors (Lipinski definition) is 1. The Kier molecular flexibility index (Phi) is 4.89. The number of carbonyl (C=O) groups is 1. The zero-order valence-corrected chi connectivity index (χ0v) is 15.4. The smallest absolute Gasteiger partial charge is 0.256 e. The maximum atomic E-state index is 12.8. The fourth-order valence-electron chi connectivity index (χ4n) is 2.87. The van der Waals surface area contributed by atoms with E-state index in [9.17, 15) is 4.79 Å². The van der Waals surface area contributed by atoms with E-state index in [0.29, 0.717) is 17.1 Å². The van der Waals surface area contributed by atoms with Crippen LogP contribution in [-0.4, -0.2) is 15.7 Å². The molecule has 1 N–H and O–H groups in total. The number of aromatic nitrogens is 2. The van der Waals surface area contributed by atoms with Gasteiger partial charge in [0.2, 0.25) is 0 Å². The Morgan fingerprint density at radius 2 is 1.54 bits per heavy atom. The molecule has 0 spiro atoms. The van der Waals surface area contributed by atoms with Crippen molar-refractivity contribution in [2.75, 3.05) is 5.32 Å². The van der Waals surface area contributed by atoms with Crippen LogP contribution in [0.2, 0.25) is 0 Å². The van der Waals surface area contributed by atoms with Crippen molar-refractivity contribution < 1.29 is 9.53 Å². The number of hydrogen-bond acceptors (Lipinski definition) is 3. The van der Waals surface area contributed by atoms with Crippen LogP contribution in [0.5, 0.6) is 11.5 Å². The van der Waals surface area contributed by atoms with Gasteiger partial charge in [-0.3, -0.25) is 4.79 Å². The lowest BCUT2D eigenvalue weighted by Gasteiger charge is -2.10. The summed E-state index contributed by atoms with van der Waals surface area (Å²) in [6.07, 6.45) is 0. The van der Waals surface area contributed by atoms with Gasteiger partial charge in [0.1, 0.15) is 17.3 Å². The second-order valence-corrected chi connectivity index (χ2v) is 6.32. The standard InChI is InChI=1S/C23H19N3O2/c1-17-15-22(26(25-17)19-10-4-2-5-11-19)24-23(27)18-9-8-14-21(16-18)28-20-12-6-3-7-13-20/h2-16H,1H3,(H,24,27). The highest BCUT2D eigenvalue weighted by molar-refractivity contribution is 6.04. The lowest BCUT2D eigenvalue weighted by atomic mass is 10.2. The third-order valence-corrected chi connectivity index (χ3v) is 4.15. The van der Waals surface area contributed by atoms with Crippen molar-refractivity contribution in [2.45, 2.75) is 6.92 Å². The summed E-state index contributed by atoms with van der Waals surface area (Å²) in [6, 6.07) is 28.1. The number of nitrogens with one attached hydrogen (secondary N) is 1. The fourth-order valence-corrected chi connectivity index (χ4v) is 2.87. The minimum atomic E-state index is -0.226. The van der Waals surface area contributed by atoms with Gasteiger partial charge in [-0.2, -0.15) is 5.10 Å². The highest BCUT2D eigenvalue weighted by atomic mass is 16.5. The van der Waals surface area contributed by atoms with Crippen LogP contribution >= 0.6 is 0 Å². The quantitative estimate of drug-likeness (QED) is 0.524. The molecule has 0 saturated carbocycles. The topological polar surface area (TPSA) is 56.1 Å². The maximum Gasteiger partial charge on any atom is 0.256 e. The number of nitrogens with zero attached hydrogens (tertiary/aromatic N) is 2. The van der Waals surface area contributed by atoms with E-state index >= 15 is 0 Å². The van der Waals surface area contributed by atoms with Gasteiger partial charge >= 0.3 is 0 Å². The molecule has 3 aromatic carbocycles. The Morgan fingerprint density at radius 3 is 2.29 bits per heavy atom. The maximum absolute atomic E-state index is 12.8. The summed E-state index contributed by atoms with van der Waals surface area (Å²) in [5.74, 6) is 1.71. The Bertz CT molecular complexity index is 1090. The predicted octanol–water partition coefficient (Wildman–Crippen LogP) is 5.23. The molecule has 4 rings (SSSR count). The van der Waals surface area contributed by atoms with Crippen molar-refractivity contribution >= 4 is 11.7 Å². The molecule has 0 aliphatic carbocycles. The first-order chi connectivity index (χ1) is 13.7. The Labute approximate surface area is 163 Å². The first-order valence-electron chi connectivity index (χ1n) is 8.95. The molecule has 0 bridgehead atoms. The minimum absolute atomic E-state index is 0.226. The average Bonchev–Trinajstić information content (AvgIpc) is 3.09. The summed E-state index contributed by atoms with van der Waals surface area (Å²) in [5.41, 5.74) is 2.21. The molecule has 0 aliphatic rings. The molecule has 0 aliphatic heterocycles. The van der Waals surface area contributed by atoms with Crippen LogP contribution in [0.4, 0.5) is 5.82 Å². The van der Waals surface area contributed by atoms with Crippen molar-refractivity contribution in [3.63, 3.8) is 0 Å². The van der Waals surface area contributed by atoms with Crippen molar-refractivity contribution in [1.82, 2.24) is 9.78 Å². The first kappa shape index (κ1) is 17.5. The number of ether oxygens (including phenoxy) is 1. The Hall–Kier alpha value is -3.86. The molecule has 1 heterocycles. The van der Waals surface area contributed by atoms with E-state index < -0.39 is 0 Å². The molecule has 138 valence electrons. The average molecular weight is 369 g/mol. The number of anilines is 1. The molecule has 0 radical (unpaired) electrons. The highest BCUT2D eigenvalue weighted by Crippen LogP contribution is 2.23.